The van der Waals surface area contributed by atoms with E-state index in [4.69, 9.17) is 4.42 Å². The van der Waals surface area contributed by atoms with E-state index < -0.39 is 0 Å². The maximum Gasteiger partial charge on any atom is 0.265 e. The number of hydrogen-bond donors (Lipinski definition) is 1. The van der Waals surface area contributed by atoms with Crippen LogP contribution in [0, 0.1) is 19.0 Å². The average Bonchev–Trinajstić information content (AvgIpc) is 3.10. The Hall–Kier alpha value is -2.47. The first kappa shape index (κ1) is 14.5. The van der Waals surface area contributed by atoms with Crippen LogP contribution in [0.25, 0.3) is 11.5 Å². The molecule has 0 atom stereocenters. The summed E-state index contributed by atoms with van der Waals surface area (Å²) < 4.78 is 18.4. The number of aromatic nitrogens is 1. The number of halogens is 1. The number of anilines is 1. The largest absolute Gasteiger partial charge is 0.444 e. The molecule has 3 rings (SSSR count). The van der Waals surface area contributed by atoms with Crippen molar-refractivity contribution in [3.63, 3.8) is 0 Å². The van der Waals surface area contributed by atoms with E-state index in [0.717, 1.165) is 28.2 Å². The minimum absolute atomic E-state index is 0.326. The molecular weight excluding hydrogens is 303 g/mol. The van der Waals surface area contributed by atoms with Gasteiger partial charge in [-0.1, -0.05) is 6.07 Å². The summed E-state index contributed by atoms with van der Waals surface area (Å²) in [5.41, 5.74) is 3.19. The molecule has 0 radical (unpaired) electrons. The van der Waals surface area contributed by atoms with Crippen LogP contribution < -0.4 is 5.32 Å². The van der Waals surface area contributed by atoms with Crippen molar-refractivity contribution in [2.75, 3.05) is 5.32 Å². The average molecular weight is 316 g/mol. The van der Waals surface area contributed by atoms with Crippen molar-refractivity contribution in [1.82, 2.24) is 4.98 Å². The van der Waals surface area contributed by atoms with Crippen LogP contribution in [0.2, 0.25) is 0 Å². The minimum atomic E-state index is -0.384. The molecule has 2 aromatic heterocycles. The number of hydrogen-bond acceptors (Lipinski definition) is 4. The van der Waals surface area contributed by atoms with Gasteiger partial charge >= 0.3 is 0 Å². The Morgan fingerprint density at radius 3 is 2.73 bits per heavy atom. The summed E-state index contributed by atoms with van der Waals surface area (Å²) in [6.45, 7) is 3.79. The zero-order valence-electron chi connectivity index (χ0n) is 12.0. The van der Waals surface area contributed by atoms with Crippen LogP contribution in [-0.2, 0) is 0 Å². The smallest absolute Gasteiger partial charge is 0.265 e. The second-order valence-corrected chi connectivity index (χ2v) is 5.92. The van der Waals surface area contributed by atoms with Crippen molar-refractivity contribution in [1.29, 1.82) is 0 Å². The Bertz CT molecular complexity index is 838. The van der Waals surface area contributed by atoms with Crippen LogP contribution in [0.4, 0.5) is 10.1 Å². The van der Waals surface area contributed by atoms with E-state index in [2.05, 4.69) is 10.3 Å². The van der Waals surface area contributed by atoms with Crippen molar-refractivity contribution in [2.24, 2.45) is 0 Å². The summed E-state index contributed by atoms with van der Waals surface area (Å²) >= 11 is 0.813. The van der Waals surface area contributed by atoms with Crippen molar-refractivity contribution in [3.8, 4) is 11.5 Å². The molecular formula is C16H13FN2O2S. The Labute approximate surface area is 130 Å². The number of aryl methyl sites for hydroxylation is 2. The van der Waals surface area contributed by atoms with Crippen molar-refractivity contribution >= 4 is 22.9 Å². The van der Waals surface area contributed by atoms with Crippen LogP contribution in [0.3, 0.4) is 0 Å². The summed E-state index contributed by atoms with van der Waals surface area (Å²) in [5, 5.41) is 2.37. The summed E-state index contributed by atoms with van der Waals surface area (Å²) in [7, 11) is 0. The Morgan fingerprint density at radius 2 is 2.09 bits per heavy atom. The SMILES string of the molecule is Cc1coc(-c2cc(NC(=O)c3ccc(F)s3)ccc2C)n1. The van der Waals surface area contributed by atoms with Gasteiger partial charge in [0, 0.05) is 11.3 Å². The van der Waals surface area contributed by atoms with E-state index in [9.17, 15) is 9.18 Å². The van der Waals surface area contributed by atoms with Gasteiger partial charge in [0.15, 0.2) is 5.13 Å². The lowest BCUT2D eigenvalue weighted by Gasteiger charge is -2.07. The topological polar surface area (TPSA) is 55.1 Å². The summed E-state index contributed by atoms with van der Waals surface area (Å²) in [5.74, 6) is 0.167. The Balaban J connectivity index is 1.87. The molecule has 0 unspecified atom stereocenters. The first-order valence-electron chi connectivity index (χ1n) is 6.63. The predicted octanol–water partition coefficient (Wildman–Crippen LogP) is 4.41. The highest BCUT2D eigenvalue weighted by atomic mass is 32.1. The summed E-state index contributed by atoms with van der Waals surface area (Å²) in [4.78, 5) is 16.7. The van der Waals surface area contributed by atoms with Crippen LogP contribution in [0.15, 0.2) is 41.0 Å². The van der Waals surface area contributed by atoms with Gasteiger partial charge in [0.2, 0.25) is 5.89 Å². The van der Waals surface area contributed by atoms with Crippen LogP contribution >= 0.6 is 11.3 Å². The lowest BCUT2D eigenvalue weighted by atomic mass is 10.1. The summed E-state index contributed by atoms with van der Waals surface area (Å²) in [6.07, 6.45) is 1.58. The van der Waals surface area contributed by atoms with Crippen LogP contribution in [0.1, 0.15) is 20.9 Å². The molecule has 6 heteroatoms. The lowest BCUT2D eigenvalue weighted by Crippen LogP contribution is -2.10. The molecule has 112 valence electrons. The normalized spacial score (nSPS) is 10.7. The quantitative estimate of drug-likeness (QED) is 0.778. The number of nitrogens with zero attached hydrogens (tertiary/aromatic N) is 1. The fourth-order valence-corrected chi connectivity index (χ4v) is 2.66. The van der Waals surface area contributed by atoms with Gasteiger partial charge in [-0.2, -0.15) is 4.39 Å². The molecule has 4 nitrogen and oxygen atoms in total. The van der Waals surface area contributed by atoms with Gasteiger partial charge in [-0.05, 0) is 43.7 Å². The molecule has 0 aliphatic carbocycles. The fourth-order valence-electron chi connectivity index (χ4n) is 2.04. The number of benzene rings is 1. The third-order valence-corrected chi connectivity index (χ3v) is 4.01. The third kappa shape index (κ3) is 2.92. The maximum atomic E-state index is 13.0. The highest BCUT2D eigenvalue weighted by molar-refractivity contribution is 7.12. The molecule has 0 saturated heterocycles. The maximum absolute atomic E-state index is 13.0. The number of thiophene rings is 1. The zero-order valence-corrected chi connectivity index (χ0v) is 12.8. The number of carbonyl (C=O) groups is 1. The molecule has 0 bridgehead atoms. The van der Waals surface area contributed by atoms with Crippen molar-refractivity contribution in [3.05, 3.63) is 57.9 Å². The van der Waals surface area contributed by atoms with Gasteiger partial charge < -0.3 is 9.73 Å². The monoisotopic (exact) mass is 316 g/mol. The van der Waals surface area contributed by atoms with E-state index in [-0.39, 0.29) is 11.0 Å². The zero-order chi connectivity index (χ0) is 15.7. The molecule has 0 fully saturated rings. The fraction of sp³-hybridized carbons (Fsp3) is 0.125. The van der Waals surface area contributed by atoms with E-state index in [0.29, 0.717) is 16.5 Å². The van der Waals surface area contributed by atoms with Crippen molar-refractivity contribution in [2.45, 2.75) is 13.8 Å². The standard InChI is InChI=1S/C16H13FN2O2S/c1-9-3-4-11(7-12(9)16-18-10(2)8-21-16)19-15(20)13-5-6-14(17)22-13/h3-8H,1-2H3,(H,19,20). The molecule has 0 aliphatic heterocycles. The Morgan fingerprint density at radius 1 is 1.27 bits per heavy atom. The van der Waals surface area contributed by atoms with E-state index in [1.54, 1.807) is 18.4 Å². The number of nitrogens with one attached hydrogen (secondary N) is 1. The predicted molar refractivity (Wildman–Crippen MR) is 83.6 cm³/mol. The molecule has 0 aliphatic rings. The van der Waals surface area contributed by atoms with Crippen LogP contribution in [0.5, 0.6) is 0 Å². The lowest BCUT2D eigenvalue weighted by molar-refractivity contribution is 0.103. The van der Waals surface area contributed by atoms with Gasteiger partial charge in [0.1, 0.15) is 6.26 Å². The molecule has 22 heavy (non-hydrogen) atoms. The number of oxazole rings is 1. The van der Waals surface area contributed by atoms with Gasteiger partial charge in [-0.25, -0.2) is 4.98 Å². The molecule has 2 heterocycles. The van der Waals surface area contributed by atoms with Gasteiger partial charge in [0.05, 0.1) is 10.6 Å². The van der Waals surface area contributed by atoms with Crippen molar-refractivity contribution < 1.29 is 13.6 Å². The summed E-state index contributed by atoms with van der Waals surface area (Å²) in [6, 6.07) is 8.19. The first-order valence-corrected chi connectivity index (χ1v) is 7.44. The Kier molecular flexibility index (Phi) is 3.77. The highest BCUT2D eigenvalue weighted by Gasteiger charge is 2.12. The van der Waals surface area contributed by atoms with E-state index >= 15 is 0 Å². The molecule has 0 saturated carbocycles. The molecule has 1 aromatic carbocycles. The van der Waals surface area contributed by atoms with Crippen LogP contribution in [-0.4, -0.2) is 10.9 Å². The number of carbonyl (C=O) groups excluding carboxylic acids is 1. The molecule has 3 aromatic rings. The number of amides is 1. The second kappa shape index (κ2) is 5.73. The van der Waals surface area contributed by atoms with Gasteiger partial charge in [-0.3, -0.25) is 4.79 Å². The molecule has 0 spiro atoms. The van der Waals surface area contributed by atoms with Gasteiger partial charge in [0.25, 0.3) is 5.91 Å². The first-order chi connectivity index (χ1) is 10.5. The highest BCUT2D eigenvalue weighted by Crippen LogP contribution is 2.26. The molecule has 1 N–H and O–H groups in total. The number of rotatable bonds is 3. The minimum Gasteiger partial charge on any atom is -0.444 e. The van der Waals surface area contributed by atoms with Gasteiger partial charge in [-0.15, -0.1) is 11.3 Å². The van der Waals surface area contributed by atoms with E-state index in [1.165, 1.54) is 12.1 Å². The third-order valence-electron chi connectivity index (χ3n) is 3.14. The molecule has 1 amide bonds. The second-order valence-electron chi connectivity index (χ2n) is 4.88. The van der Waals surface area contributed by atoms with E-state index in [1.807, 2.05) is 19.9 Å².